The van der Waals surface area contributed by atoms with Crippen LogP contribution in [-0.4, -0.2) is 107 Å². The van der Waals surface area contributed by atoms with Crippen molar-refractivity contribution < 1.29 is 154 Å². The Morgan fingerprint density at radius 2 is 0.581 bits per heavy atom. The Hall–Kier alpha value is -7.11. The summed E-state index contributed by atoms with van der Waals surface area (Å²) >= 11 is 0. The molecule has 697 valence electrons. The van der Waals surface area contributed by atoms with Gasteiger partial charge >= 0.3 is 17.1 Å². The molecule has 9 rings (SSSR count). The second-order valence-electron chi connectivity index (χ2n) is 24.0. The van der Waals surface area contributed by atoms with Crippen LogP contribution in [0.25, 0.3) is 5.41 Å². The molecule has 9 radical (unpaired) electrons. The molecule has 0 N–H and O–H groups in total. The van der Waals surface area contributed by atoms with Crippen molar-refractivity contribution in [2.45, 2.75) is 189 Å². The Labute approximate surface area is 849 Å². The van der Waals surface area contributed by atoms with Crippen LogP contribution in [0.2, 0.25) is 0 Å². The smallest absolute Gasteiger partial charge is 0.812 e. The molecule has 0 aliphatic rings. The summed E-state index contributed by atoms with van der Waals surface area (Å²) < 4.78 is 0. The van der Waals surface area contributed by atoms with E-state index in [-0.39, 0.29) is 159 Å². The molecule has 0 bridgehead atoms. The van der Waals surface area contributed by atoms with Crippen molar-refractivity contribution in [2.75, 3.05) is 33.2 Å². The van der Waals surface area contributed by atoms with Gasteiger partial charge in [-0.1, -0.05) is 205 Å². The summed E-state index contributed by atoms with van der Waals surface area (Å²) in [7, 11) is 1.73. The van der Waals surface area contributed by atoms with Crippen molar-refractivity contribution in [3.63, 3.8) is 0 Å². The first-order valence-corrected chi connectivity index (χ1v) is 38.7. The molecule has 124 heavy (non-hydrogen) atoms. The van der Waals surface area contributed by atoms with Crippen LogP contribution < -0.4 is 44.9 Å². The maximum Gasteiger partial charge on any atom is 2.00 e. The number of aromatic nitrogens is 9. The molecule has 1 atom stereocenters. The number of unbranched alkanes of at least 4 members (excludes halogenated alkanes) is 1. The van der Waals surface area contributed by atoms with Crippen molar-refractivity contribution in [1.29, 1.82) is 0 Å². The molecule has 0 aliphatic carbocycles. The van der Waals surface area contributed by atoms with Gasteiger partial charge in [-0.3, -0.25) is 39.9 Å². The predicted octanol–water partition coefficient (Wildman–Crippen LogP) is 23.4. The average molecular weight is 2060 g/mol. The van der Waals surface area contributed by atoms with Gasteiger partial charge in [0.2, 0.25) is 0 Å². The number of aliphatic imine (C=N–C) groups is 8. The molecule has 0 saturated heterocycles. The van der Waals surface area contributed by atoms with Crippen molar-refractivity contribution in [1.82, 2.24) is 44.9 Å². The Bertz CT molecular complexity index is 3500. The first-order valence-electron chi connectivity index (χ1n) is 38.7. The third-order valence-electron chi connectivity index (χ3n) is 10.3. The van der Waals surface area contributed by atoms with Gasteiger partial charge < -0.3 is 50.3 Å². The van der Waals surface area contributed by atoms with Gasteiger partial charge in [0, 0.05) is 232 Å². The van der Waals surface area contributed by atoms with E-state index < -0.39 is 0 Å². The van der Waals surface area contributed by atoms with Crippen LogP contribution in [0, 0.1) is 5.92 Å². The minimum atomic E-state index is -0.00104. The van der Waals surface area contributed by atoms with Crippen LogP contribution in [0.1, 0.15) is 222 Å². The van der Waals surface area contributed by atoms with Crippen LogP contribution in [-0.2, 0) is 154 Å². The molecule has 9 heterocycles. The van der Waals surface area contributed by atoms with Crippen molar-refractivity contribution in [3.05, 3.63) is 336 Å². The largest absolute Gasteiger partial charge is 2.00 e. The summed E-state index contributed by atoms with van der Waals surface area (Å²) in [6.07, 6.45) is 51.4. The zero-order valence-electron chi connectivity index (χ0n) is 78.2. The van der Waals surface area contributed by atoms with Crippen LogP contribution in [0.5, 0.6) is 0 Å². The zero-order chi connectivity index (χ0) is 88.9. The van der Waals surface area contributed by atoms with E-state index >= 15 is 0 Å². The minimum Gasteiger partial charge on any atom is -0.812 e. The van der Waals surface area contributed by atoms with E-state index in [1.54, 1.807) is 154 Å². The number of hydrogen-bond donors (Lipinski definition) is 0. The maximum atomic E-state index is 8.24. The SMILES string of the molecule is C=CC.C=CC.C=CC.C=CC.C=CC.C=CC.C=CC.C=CC.C=CC.CC(C)(C)N=Cc1ccc[n-]1.CC(C)CN=Cc1ccc[n-]1.CC(C)N=Cc1ccc[n-]1.CCC(C)N=Cc1ccc[n-]1.CCCCN=Cc1ccc[n-]1.CCCN=Cc1ccc[n-]1.CCN=Cc1ccc[n-]1.CN=Cc1ccc[n-]1.[Mn+2].[Mn].[Mn].[Mn].[Mn].[Mn].[Mn].[Mn].[Mn].[N-]=Cc1ccc[n-]1. The molecular formula is C97H148Mn9N18-8. The molecule has 9 aromatic rings. The number of allylic oxidation sites excluding steroid dienone is 9. The Morgan fingerprint density at radius 1 is 0.339 bits per heavy atom. The molecule has 9 aromatic heterocycles. The van der Waals surface area contributed by atoms with Crippen LogP contribution >= 0.6 is 0 Å². The van der Waals surface area contributed by atoms with Gasteiger partial charge in [0.1, 0.15) is 0 Å². The monoisotopic (exact) mass is 2060 g/mol. The number of hydrogen-bond acceptors (Lipinski definition) is 8. The van der Waals surface area contributed by atoms with Gasteiger partial charge in [0.25, 0.3) is 0 Å². The van der Waals surface area contributed by atoms with Gasteiger partial charge in [-0.15, -0.1) is 105 Å². The molecule has 0 saturated carbocycles. The molecule has 27 heteroatoms. The van der Waals surface area contributed by atoms with Crippen molar-refractivity contribution >= 4 is 55.9 Å². The predicted molar refractivity (Wildman–Crippen MR) is 516 cm³/mol. The molecule has 0 aromatic carbocycles. The summed E-state index contributed by atoms with van der Waals surface area (Å²) in [5.74, 6) is 0.626. The third-order valence-corrected chi connectivity index (χ3v) is 10.3. The number of rotatable bonds is 20. The summed E-state index contributed by atoms with van der Waals surface area (Å²) in [5.41, 5.74) is 8.15. The van der Waals surface area contributed by atoms with Crippen LogP contribution in [0.15, 0.2) is 319 Å². The topological polar surface area (TPSA) is 248 Å². The van der Waals surface area contributed by atoms with Crippen molar-refractivity contribution in [2.24, 2.45) is 45.9 Å². The molecular weight excluding hydrogens is 1910 g/mol. The van der Waals surface area contributed by atoms with Gasteiger partial charge in [0.15, 0.2) is 0 Å². The first kappa shape index (κ1) is 161. The van der Waals surface area contributed by atoms with E-state index in [4.69, 9.17) is 5.41 Å². The fourth-order valence-electron chi connectivity index (χ4n) is 5.67. The maximum absolute atomic E-state index is 8.24. The van der Waals surface area contributed by atoms with Gasteiger partial charge in [-0.05, 0) is 136 Å². The minimum absolute atomic E-state index is 0. The van der Waals surface area contributed by atoms with Crippen LogP contribution in [0.3, 0.4) is 0 Å². The second kappa shape index (κ2) is 139. The van der Waals surface area contributed by atoms with E-state index in [1.165, 1.54) is 6.42 Å². The quantitative estimate of drug-likeness (QED) is 0.0304. The van der Waals surface area contributed by atoms with Crippen LogP contribution in [0.4, 0.5) is 0 Å². The summed E-state index contributed by atoms with van der Waals surface area (Å²) in [6, 6.07) is 35.0. The van der Waals surface area contributed by atoms with E-state index in [0.29, 0.717) is 23.7 Å². The molecule has 1 unspecified atom stereocenters. The standard InChI is InChI=1S/4C9H13N2.2C8H11N2.C7H9N2.C6H7N2.C5H4N2.9C3H6.9Mn/c1-9(2,3)11-7-8-5-4-6-10-8;1-8(2)6-10-7-9-4-3-5-11-9;1-3-8(2)11-7-9-5-4-6-10-9;1-2-3-6-10-8-9-5-4-7-11-9;1-7(2)10-6-8-4-3-5-9-8;1-2-5-9-7-8-4-3-6-10-8;1-2-8-6-7-4-3-5-9-7;1-7-5-6-3-2-4-8-6;6-4-5-2-1-3-7-5;9*1-3-2;;;;;;;;;/h4-7H,1-3H3;3-5,7-8H,6H2,1-2H3;4-8H,3H2,1-2H3;4-5,7-8H,2-3,6H2,1H3;3-7H,1-2H3;3-4,6-7H,2,5H2,1H3;3-6H,2H2,1H3;2-5H,1H3;1-4H;9*3H,1H2,2H3;;;;;;;;;/q8*-1;-2;;;;;;;;;;;;;;;;;;+2. The molecule has 0 spiro atoms. The van der Waals surface area contributed by atoms with Gasteiger partial charge in [-0.25, -0.2) is 6.21 Å². The molecule has 0 fully saturated rings. The molecule has 18 nitrogen and oxygen atoms in total. The Balaban J connectivity index is -0.0000000610. The van der Waals surface area contributed by atoms with Crippen molar-refractivity contribution in [3.8, 4) is 0 Å². The van der Waals surface area contributed by atoms with E-state index in [9.17, 15) is 0 Å². The summed E-state index contributed by atoms with van der Waals surface area (Å²) in [6.45, 7) is 75.8. The first-order chi connectivity index (χ1) is 55.4. The van der Waals surface area contributed by atoms with Gasteiger partial charge in [-0.2, -0.15) is 61.5 Å². The average Bonchev–Trinajstić information content (AvgIpc) is 1.64. The Kier molecular flexibility index (Phi) is 180. The van der Waals surface area contributed by atoms with E-state index in [0.717, 1.165) is 97.2 Å². The van der Waals surface area contributed by atoms with Gasteiger partial charge in [0.05, 0.1) is 5.54 Å². The third kappa shape index (κ3) is 149. The van der Waals surface area contributed by atoms with E-state index in [2.05, 4.69) is 206 Å². The zero-order valence-corrected chi connectivity index (χ0v) is 88.8. The summed E-state index contributed by atoms with van der Waals surface area (Å²) in [5, 5.41) is 8.24. The second-order valence-corrected chi connectivity index (χ2v) is 24.0. The normalized spacial score (nSPS) is 9.06. The fraction of sp³-hybridized carbons (Fsp3) is 0.351. The fourth-order valence-corrected chi connectivity index (χ4v) is 5.67. The molecule has 0 amide bonds. The Morgan fingerprint density at radius 3 is 0.790 bits per heavy atom. The number of nitrogens with zero attached hydrogens (tertiary/aromatic N) is 18. The molecule has 0 aliphatic heterocycles. The summed E-state index contributed by atoms with van der Waals surface area (Å²) in [4.78, 5) is 69.2. The van der Waals surface area contributed by atoms with E-state index in [1.807, 2.05) is 205 Å².